The van der Waals surface area contributed by atoms with Crippen molar-refractivity contribution >= 4 is 6.09 Å². The summed E-state index contributed by atoms with van der Waals surface area (Å²) in [5, 5.41) is 13.8. The Hall–Kier alpha value is -2.84. The van der Waals surface area contributed by atoms with Crippen LogP contribution in [0, 0.1) is 5.82 Å². The molecule has 0 radical (unpaired) electrons. The number of nitrogens with one attached hydrogen (secondary N) is 1. The fraction of sp³-hybridized carbons (Fsp3) is 0.435. The number of hydrogen-bond acceptors (Lipinski definition) is 6. The number of nitrogens with zero attached hydrogens (tertiary/aromatic N) is 1. The van der Waals surface area contributed by atoms with E-state index in [4.69, 9.17) is 14.2 Å². The van der Waals surface area contributed by atoms with Crippen LogP contribution in [0.5, 0.6) is 11.5 Å². The van der Waals surface area contributed by atoms with Crippen LogP contribution in [0.3, 0.4) is 0 Å². The molecule has 7 nitrogen and oxygen atoms in total. The number of amides is 1. The molecule has 2 aromatic carbocycles. The van der Waals surface area contributed by atoms with E-state index in [9.17, 15) is 14.3 Å². The van der Waals surface area contributed by atoms with Gasteiger partial charge in [-0.15, -0.1) is 0 Å². The Morgan fingerprint density at radius 1 is 1.16 bits per heavy atom. The molecule has 2 aromatic rings. The van der Waals surface area contributed by atoms with Gasteiger partial charge in [0.05, 0.1) is 6.04 Å². The fourth-order valence-corrected chi connectivity index (χ4v) is 3.92. The molecular weight excluding hydrogens is 403 g/mol. The van der Waals surface area contributed by atoms with E-state index in [1.807, 2.05) is 30.3 Å². The summed E-state index contributed by atoms with van der Waals surface area (Å²) in [5.41, 5.74) is 1.18. The van der Waals surface area contributed by atoms with Crippen LogP contribution in [0.1, 0.15) is 30.1 Å². The second kappa shape index (κ2) is 9.98. The van der Waals surface area contributed by atoms with Gasteiger partial charge in [0, 0.05) is 6.54 Å². The second-order valence-corrected chi connectivity index (χ2v) is 7.79. The van der Waals surface area contributed by atoms with Crippen molar-refractivity contribution in [2.24, 2.45) is 0 Å². The molecule has 8 heteroatoms. The number of alkyl carbamates (subject to hydrolysis) is 1. The molecule has 0 saturated carbocycles. The number of likely N-dealkylation sites (tertiary alicyclic amines) is 1. The van der Waals surface area contributed by atoms with Crippen molar-refractivity contribution in [3.63, 3.8) is 0 Å². The first-order valence-corrected chi connectivity index (χ1v) is 10.6. The van der Waals surface area contributed by atoms with Crippen molar-refractivity contribution in [1.82, 2.24) is 10.2 Å². The first kappa shape index (κ1) is 21.4. The van der Waals surface area contributed by atoms with Gasteiger partial charge in [0.25, 0.3) is 0 Å². The van der Waals surface area contributed by atoms with Crippen molar-refractivity contribution in [1.29, 1.82) is 0 Å². The SMILES string of the molecule is O=C(N[C@H](CN1CCCC1)[C@H](O)c1cc(F)c2c(c1)OCCO2)OCc1ccccc1. The van der Waals surface area contributed by atoms with Gasteiger partial charge in [0.1, 0.15) is 25.9 Å². The monoisotopic (exact) mass is 430 g/mol. The standard InChI is InChI=1S/C23H27FN2O5/c24-18-12-17(13-20-22(18)30-11-10-29-20)21(27)19(14-26-8-4-5-9-26)25-23(28)31-15-16-6-2-1-3-7-16/h1-3,6-7,12-13,19,21,27H,4-5,8-11,14-15H2,(H,25,28)/t19-,21-/m1/s1. The van der Waals surface area contributed by atoms with E-state index in [2.05, 4.69) is 10.2 Å². The second-order valence-electron chi connectivity index (χ2n) is 7.79. The number of rotatable bonds is 7. The van der Waals surface area contributed by atoms with Crippen LogP contribution in [0.15, 0.2) is 42.5 Å². The van der Waals surface area contributed by atoms with Crippen molar-refractivity contribution in [3.8, 4) is 11.5 Å². The molecule has 0 bridgehead atoms. The number of carbonyl (C=O) groups excluding carboxylic acids is 1. The molecule has 2 atom stereocenters. The van der Waals surface area contributed by atoms with Crippen LogP contribution >= 0.6 is 0 Å². The molecule has 2 aliphatic rings. The van der Waals surface area contributed by atoms with E-state index < -0.39 is 24.1 Å². The van der Waals surface area contributed by atoms with Crippen molar-refractivity contribution in [2.75, 3.05) is 32.8 Å². The summed E-state index contributed by atoms with van der Waals surface area (Å²) in [7, 11) is 0. The molecule has 0 spiro atoms. The maximum atomic E-state index is 14.5. The first-order valence-electron chi connectivity index (χ1n) is 10.6. The van der Waals surface area contributed by atoms with Gasteiger partial charge in [-0.25, -0.2) is 9.18 Å². The molecule has 31 heavy (non-hydrogen) atoms. The molecule has 0 aromatic heterocycles. The molecule has 2 aliphatic heterocycles. The van der Waals surface area contributed by atoms with Crippen molar-refractivity contribution < 1.29 is 28.5 Å². The third-order valence-electron chi connectivity index (χ3n) is 5.51. The minimum absolute atomic E-state index is 0.0496. The van der Waals surface area contributed by atoms with Crippen LogP contribution in [0.25, 0.3) is 0 Å². The van der Waals surface area contributed by atoms with Crippen LogP contribution in [0.4, 0.5) is 9.18 Å². The van der Waals surface area contributed by atoms with E-state index in [1.54, 1.807) is 6.07 Å². The number of hydrogen-bond donors (Lipinski definition) is 2. The highest BCUT2D eigenvalue weighted by Gasteiger charge is 2.29. The largest absolute Gasteiger partial charge is 0.486 e. The smallest absolute Gasteiger partial charge is 0.407 e. The van der Waals surface area contributed by atoms with Gasteiger partial charge in [0.15, 0.2) is 17.3 Å². The lowest BCUT2D eigenvalue weighted by molar-refractivity contribution is 0.0874. The van der Waals surface area contributed by atoms with Gasteiger partial charge in [-0.2, -0.15) is 0 Å². The lowest BCUT2D eigenvalue weighted by Gasteiger charge is -2.29. The summed E-state index contributed by atoms with van der Waals surface area (Å²) in [5.74, 6) is -0.293. The highest BCUT2D eigenvalue weighted by molar-refractivity contribution is 5.67. The molecule has 1 amide bonds. The summed E-state index contributed by atoms with van der Waals surface area (Å²) >= 11 is 0. The topological polar surface area (TPSA) is 80.3 Å². The minimum atomic E-state index is -1.14. The fourth-order valence-electron chi connectivity index (χ4n) is 3.92. The zero-order valence-electron chi connectivity index (χ0n) is 17.3. The molecule has 166 valence electrons. The van der Waals surface area contributed by atoms with Crippen LogP contribution in [-0.2, 0) is 11.3 Å². The van der Waals surface area contributed by atoms with Crippen LogP contribution in [0.2, 0.25) is 0 Å². The summed E-state index contributed by atoms with van der Waals surface area (Å²) in [6.45, 7) is 2.92. The molecule has 2 heterocycles. The molecule has 1 saturated heterocycles. The lowest BCUT2D eigenvalue weighted by atomic mass is 10.0. The number of fused-ring (bicyclic) bond motifs is 1. The highest BCUT2D eigenvalue weighted by Crippen LogP contribution is 2.36. The summed E-state index contributed by atoms with van der Waals surface area (Å²) in [6.07, 6.45) is 0.361. The Bertz CT molecular complexity index is 889. The lowest BCUT2D eigenvalue weighted by Crippen LogP contribution is -2.46. The Morgan fingerprint density at radius 2 is 1.90 bits per heavy atom. The maximum absolute atomic E-state index is 14.5. The average Bonchev–Trinajstić information content (AvgIpc) is 3.30. The van der Waals surface area contributed by atoms with E-state index in [0.717, 1.165) is 31.5 Å². The average molecular weight is 430 g/mol. The summed E-state index contributed by atoms with van der Waals surface area (Å²) in [4.78, 5) is 14.6. The summed E-state index contributed by atoms with van der Waals surface area (Å²) in [6, 6.07) is 11.5. The Balaban J connectivity index is 1.47. The van der Waals surface area contributed by atoms with Gasteiger partial charge < -0.3 is 29.5 Å². The molecule has 4 rings (SSSR count). The van der Waals surface area contributed by atoms with E-state index in [0.29, 0.717) is 18.7 Å². The Morgan fingerprint density at radius 3 is 2.68 bits per heavy atom. The number of halogens is 1. The number of aliphatic hydroxyl groups excluding tert-OH is 1. The van der Waals surface area contributed by atoms with Crippen LogP contribution < -0.4 is 14.8 Å². The van der Waals surface area contributed by atoms with Gasteiger partial charge in [-0.1, -0.05) is 30.3 Å². The number of benzene rings is 2. The Kier molecular flexibility index (Phi) is 6.89. The molecule has 1 fully saturated rings. The minimum Gasteiger partial charge on any atom is -0.486 e. The molecule has 2 N–H and O–H groups in total. The van der Waals surface area contributed by atoms with Gasteiger partial charge in [0.2, 0.25) is 0 Å². The van der Waals surface area contributed by atoms with Gasteiger partial charge in [-0.3, -0.25) is 0 Å². The van der Waals surface area contributed by atoms with E-state index in [1.165, 1.54) is 6.07 Å². The van der Waals surface area contributed by atoms with E-state index in [-0.39, 0.29) is 24.7 Å². The normalized spacial score (nSPS) is 17.7. The molecule has 0 aliphatic carbocycles. The maximum Gasteiger partial charge on any atom is 0.407 e. The number of aliphatic hydroxyl groups is 1. The third kappa shape index (κ3) is 5.45. The van der Waals surface area contributed by atoms with Gasteiger partial charge in [-0.05, 0) is 49.2 Å². The summed E-state index contributed by atoms with van der Waals surface area (Å²) < 4.78 is 30.6. The van der Waals surface area contributed by atoms with Gasteiger partial charge >= 0.3 is 6.09 Å². The molecular formula is C23H27FN2O5. The van der Waals surface area contributed by atoms with Crippen molar-refractivity contribution in [2.45, 2.75) is 31.6 Å². The quantitative estimate of drug-likeness (QED) is 0.703. The predicted octanol–water partition coefficient (Wildman–Crippen LogP) is 3.02. The number of carbonyl (C=O) groups is 1. The number of ether oxygens (including phenoxy) is 3. The first-order chi connectivity index (χ1) is 15.1. The van der Waals surface area contributed by atoms with Crippen LogP contribution in [-0.4, -0.2) is 55.0 Å². The predicted molar refractivity (Wildman–Crippen MR) is 112 cm³/mol. The zero-order valence-corrected chi connectivity index (χ0v) is 17.3. The van der Waals surface area contributed by atoms with Crippen molar-refractivity contribution in [3.05, 3.63) is 59.4 Å². The Labute approximate surface area is 180 Å². The zero-order chi connectivity index (χ0) is 21.6. The van der Waals surface area contributed by atoms with E-state index >= 15 is 0 Å². The molecule has 0 unspecified atom stereocenters. The third-order valence-corrected chi connectivity index (χ3v) is 5.51. The highest BCUT2D eigenvalue weighted by atomic mass is 19.1.